The van der Waals surface area contributed by atoms with Crippen molar-refractivity contribution in [3.63, 3.8) is 0 Å². The fourth-order valence-corrected chi connectivity index (χ4v) is 4.10. The molecule has 0 saturated heterocycles. The minimum atomic E-state index is -0.0449. The van der Waals surface area contributed by atoms with E-state index in [0.717, 1.165) is 42.6 Å². The van der Waals surface area contributed by atoms with E-state index in [1.54, 1.807) is 11.9 Å². The lowest BCUT2D eigenvalue weighted by molar-refractivity contribution is -0.119. The molecule has 162 valence electrons. The molecular weight excluding hydrogens is 398 g/mol. The molecule has 1 saturated carbocycles. The molecule has 1 aliphatic rings. The van der Waals surface area contributed by atoms with Gasteiger partial charge in [0.05, 0.1) is 6.42 Å². The summed E-state index contributed by atoms with van der Waals surface area (Å²) in [6, 6.07) is 17.1. The van der Waals surface area contributed by atoms with Gasteiger partial charge in [-0.1, -0.05) is 49.6 Å². The number of nitrogens with zero attached hydrogens (tertiary/aromatic N) is 1. The Kier molecular flexibility index (Phi) is 8.88. The Hall–Kier alpha value is -2.37. The number of carbonyl (C=O) groups is 2. The Labute approximate surface area is 185 Å². The van der Waals surface area contributed by atoms with Crippen LogP contribution >= 0.6 is 12.4 Å². The first kappa shape index (κ1) is 23.9. The van der Waals surface area contributed by atoms with Crippen molar-refractivity contribution in [2.24, 2.45) is 11.1 Å². The number of halogens is 1. The van der Waals surface area contributed by atoms with Gasteiger partial charge < -0.3 is 16.0 Å². The van der Waals surface area contributed by atoms with Crippen LogP contribution in [0.5, 0.6) is 0 Å². The van der Waals surface area contributed by atoms with E-state index in [4.69, 9.17) is 5.73 Å². The minimum absolute atomic E-state index is 0. The number of anilines is 2. The van der Waals surface area contributed by atoms with E-state index >= 15 is 0 Å². The molecule has 3 rings (SSSR count). The van der Waals surface area contributed by atoms with Crippen LogP contribution in [0.25, 0.3) is 0 Å². The highest BCUT2D eigenvalue weighted by Gasteiger charge is 2.32. The zero-order valence-electron chi connectivity index (χ0n) is 17.6. The Balaban J connectivity index is 0.00000320. The Morgan fingerprint density at radius 3 is 2.23 bits per heavy atom. The summed E-state index contributed by atoms with van der Waals surface area (Å²) in [5.74, 6) is 0.0418. The Morgan fingerprint density at radius 1 is 1.00 bits per heavy atom. The van der Waals surface area contributed by atoms with E-state index < -0.39 is 0 Å². The van der Waals surface area contributed by atoms with E-state index in [1.807, 2.05) is 54.6 Å². The smallest absolute Gasteiger partial charge is 0.231 e. The predicted octanol–water partition coefficient (Wildman–Crippen LogP) is 4.55. The first-order valence-corrected chi connectivity index (χ1v) is 10.4. The zero-order valence-corrected chi connectivity index (χ0v) is 18.4. The molecule has 0 spiro atoms. The lowest BCUT2D eigenvalue weighted by Crippen LogP contribution is -2.36. The number of amides is 2. The second-order valence-corrected chi connectivity index (χ2v) is 8.15. The maximum absolute atomic E-state index is 12.5. The molecule has 0 aromatic heterocycles. The van der Waals surface area contributed by atoms with Gasteiger partial charge in [0, 0.05) is 24.8 Å². The highest BCUT2D eigenvalue weighted by molar-refractivity contribution is 5.94. The van der Waals surface area contributed by atoms with Crippen molar-refractivity contribution in [1.82, 2.24) is 0 Å². The van der Waals surface area contributed by atoms with Gasteiger partial charge >= 0.3 is 0 Å². The number of carbonyl (C=O) groups excluding carboxylic acids is 2. The first-order valence-electron chi connectivity index (χ1n) is 10.4. The Morgan fingerprint density at radius 2 is 1.63 bits per heavy atom. The van der Waals surface area contributed by atoms with Gasteiger partial charge in [-0.05, 0) is 54.6 Å². The molecule has 0 atom stereocenters. The van der Waals surface area contributed by atoms with Crippen LogP contribution < -0.4 is 16.0 Å². The molecule has 2 aromatic carbocycles. The normalized spacial score (nSPS) is 15.0. The molecular formula is C24H32ClN3O2. The maximum Gasteiger partial charge on any atom is 0.231 e. The van der Waals surface area contributed by atoms with Crippen LogP contribution in [0.15, 0.2) is 54.6 Å². The third-order valence-electron chi connectivity index (χ3n) is 5.99. The minimum Gasteiger partial charge on any atom is -0.330 e. The van der Waals surface area contributed by atoms with E-state index in [2.05, 4.69) is 5.32 Å². The molecule has 0 bridgehead atoms. The van der Waals surface area contributed by atoms with Gasteiger partial charge in [-0.15, -0.1) is 12.4 Å². The monoisotopic (exact) mass is 429 g/mol. The number of benzene rings is 2. The van der Waals surface area contributed by atoms with Gasteiger partial charge in [0.15, 0.2) is 0 Å². The third-order valence-corrected chi connectivity index (χ3v) is 5.99. The summed E-state index contributed by atoms with van der Waals surface area (Å²) < 4.78 is 0. The number of rotatable bonds is 7. The van der Waals surface area contributed by atoms with Crippen LogP contribution in [0.2, 0.25) is 0 Å². The zero-order chi connectivity index (χ0) is 20.7. The van der Waals surface area contributed by atoms with Crippen LogP contribution in [0.4, 0.5) is 11.4 Å². The second kappa shape index (κ2) is 11.1. The highest BCUT2D eigenvalue weighted by atomic mass is 35.5. The standard InChI is InChI=1S/C24H31N3O2.ClH/c1-27(21-8-4-2-5-9-21)23(29)16-19-10-12-20(13-11-19)26-22(28)17-24(18-25)14-6-3-7-15-24;/h2,4-5,8-13H,3,6-7,14-18,25H2,1H3,(H,26,28);1H. The average molecular weight is 430 g/mol. The van der Waals surface area contributed by atoms with Crippen molar-refractivity contribution >= 4 is 35.6 Å². The molecule has 30 heavy (non-hydrogen) atoms. The lowest BCUT2D eigenvalue weighted by Gasteiger charge is -2.35. The number of nitrogens with two attached hydrogens (primary N) is 1. The van der Waals surface area contributed by atoms with E-state index in [9.17, 15) is 9.59 Å². The first-order chi connectivity index (χ1) is 14.0. The Bertz CT molecular complexity index is 818. The maximum atomic E-state index is 12.5. The summed E-state index contributed by atoms with van der Waals surface area (Å²) in [6.45, 7) is 0.566. The molecule has 0 aliphatic heterocycles. The van der Waals surface area contributed by atoms with Crippen LogP contribution in [-0.2, 0) is 16.0 Å². The van der Waals surface area contributed by atoms with E-state index in [-0.39, 0.29) is 29.6 Å². The quantitative estimate of drug-likeness (QED) is 0.677. The SMILES string of the molecule is CN(C(=O)Cc1ccc(NC(=O)CC2(CN)CCCCC2)cc1)c1ccccc1.Cl. The third kappa shape index (κ3) is 6.31. The summed E-state index contributed by atoms with van der Waals surface area (Å²) in [5.41, 5.74) is 8.50. The molecule has 1 fully saturated rings. The molecule has 0 unspecified atom stereocenters. The summed E-state index contributed by atoms with van der Waals surface area (Å²) in [6.07, 6.45) is 6.42. The van der Waals surface area contributed by atoms with Crippen molar-refractivity contribution in [2.45, 2.75) is 44.9 Å². The number of likely N-dealkylation sites (N-methyl/N-ethyl adjacent to an activating group) is 1. The molecule has 3 N–H and O–H groups in total. The molecule has 0 radical (unpaired) electrons. The van der Waals surface area contributed by atoms with Crippen molar-refractivity contribution in [1.29, 1.82) is 0 Å². The number of hydrogen-bond donors (Lipinski definition) is 2. The van der Waals surface area contributed by atoms with Crippen molar-refractivity contribution in [3.05, 3.63) is 60.2 Å². The molecule has 2 amide bonds. The van der Waals surface area contributed by atoms with Crippen LogP contribution in [0.3, 0.4) is 0 Å². The van der Waals surface area contributed by atoms with E-state index in [1.165, 1.54) is 6.42 Å². The highest BCUT2D eigenvalue weighted by Crippen LogP contribution is 2.38. The van der Waals surface area contributed by atoms with Gasteiger partial charge in [-0.25, -0.2) is 0 Å². The summed E-state index contributed by atoms with van der Waals surface area (Å²) in [4.78, 5) is 26.7. The van der Waals surface area contributed by atoms with Gasteiger partial charge in [0.2, 0.25) is 11.8 Å². The van der Waals surface area contributed by atoms with Gasteiger partial charge in [-0.3, -0.25) is 9.59 Å². The number of para-hydroxylation sites is 1. The van der Waals surface area contributed by atoms with Gasteiger partial charge in [-0.2, -0.15) is 0 Å². The summed E-state index contributed by atoms with van der Waals surface area (Å²) in [7, 11) is 1.78. The van der Waals surface area contributed by atoms with Crippen LogP contribution in [-0.4, -0.2) is 25.4 Å². The molecule has 6 heteroatoms. The molecule has 0 heterocycles. The van der Waals surface area contributed by atoms with Crippen molar-refractivity contribution < 1.29 is 9.59 Å². The fraction of sp³-hybridized carbons (Fsp3) is 0.417. The van der Waals surface area contributed by atoms with Crippen LogP contribution in [0, 0.1) is 5.41 Å². The fourth-order valence-electron chi connectivity index (χ4n) is 4.10. The van der Waals surface area contributed by atoms with Gasteiger partial charge in [0.25, 0.3) is 0 Å². The topological polar surface area (TPSA) is 75.4 Å². The molecule has 1 aliphatic carbocycles. The lowest BCUT2D eigenvalue weighted by atomic mass is 9.71. The summed E-state index contributed by atoms with van der Waals surface area (Å²) >= 11 is 0. The number of nitrogens with one attached hydrogen (secondary N) is 1. The second-order valence-electron chi connectivity index (χ2n) is 8.15. The number of hydrogen-bond acceptors (Lipinski definition) is 3. The predicted molar refractivity (Wildman–Crippen MR) is 125 cm³/mol. The average Bonchev–Trinajstić information content (AvgIpc) is 2.75. The van der Waals surface area contributed by atoms with Crippen LogP contribution in [0.1, 0.15) is 44.1 Å². The van der Waals surface area contributed by atoms with E-state index in [0.29, 0.717) is 19.4 Å². The van der Waals surface area contributed by atoms with Crippen molar-refractivity contribution in [2.75, 3.05) is 23.8 Å². The van der Waals surface area contributed by atoms with Gasteiger partial charge in [0.1, 0.15) is 0 Å². The summed E-state index contributed by atoms with van der Waals surface area (Å²) in [5, 5.41) is 2.99. The largest absolute Gasteiger partial charge is 0.330 e. The molecule has 2 aromatic rings. The van der Waals surface area contributed by atoms with Crippen molar-refractivity contribution in [3.8, 4) is 0 Å². The molecule has 5 nitrogen and oxygen atoms in total.